The summed E-state index contributed by atoms with van der Waals surface area (Å²) in [5.74, 6) is -0.335. The molecule has 0 saturated heterocycles. The van der Waals surface area contributed by atoms with E-state index in [1.807, 2.05) is 6.92 Å². The van der Waals surface area contributed by atoms with Crippen LogP contribution in [0.5, 0.6) is 0 Å². The molecule has 26 heavy (non-hydrogen) atoms. The van der Waals surface area contributed by atoms with Gasteiger partial charge in [-0.2, -0.15) is 0 Å². The lowest BCUT2D eigenvalue weighted by atomic mass is 10.2. The maximum absolute atomic E-state index is 12.1. The van der Waals surface area contributed by atoms with E-state index in [1.54, 1.807) is 48.5 Å². The van der Waals surface area contributed by atoms with E-state index in [2.05, 4.69) is 10.6 Å². The highest BCUT2D eigenvalue weighted by molar-refractivity contribution is 6.35. The molecule has 2 aromatic carbocycles. The first-order valence-corrected chi connectivity index (χ1v) is 9.07. The second kappa shape index (κ2) is 10.00. The fourth-order valence-electron chi connectivity index (χ4n) is 2.22. The van der Waals surface area contributed by atoms with E-state index in [-0.39, 0.29) is 11.8 Å². The summed E-state index contributed by atoms with van der Waals surface area (Å²) in [6, 6.07) is 12.1. The molecule has 0 saturated carbocycles. The highest BCUT2D eigenvalue weighted by atomic mass is 35.5. The van der Waals surface area contributed by atoms with Crippen LogP contribution in [0.2, 0.25) is 10.0 Å². The highest BCUT2D eigenvalue weighted by Gasteiger charge is 2.04. The highest BCUT2D eigenvalue weighted by Crippen LogP contribution is 2.22. The molecule has 0 radical (unpaired) electrons. The minimum absolute atomic E-state index is 0.0346. The van der Waals surface area contributed by atoms with Gasteiger partial charge < -0.3 is 10.6 Å². The van der Waals surface area contributed by atoms with Crippen molar-refractivity contribution in [1.82, 2.24) is 0 Å². The molecule has 4 nitrogen and oxygen atoms in total. The molecule has 6 heteroatoms. The number of anilines is 2. The van der Waals surface area contributed by atoms with E-state index < -0.39 is 0 Å². The zero-order valence-corrected chi connectivity index (χ0v) is 15.9. The molecule has 0 aliphatic rings. The first-order chi connectivity index (χ1) is 12.5. The van der Waals surface area contributed by atoms with E-state index in [9.17, 15) is 9.59 Å². The lowest BCUT2D eigenvalue weighted by Gasteiger charge is -2.07. The summed E-state index contributed by atoms with van der Waals surface area (Å²) in [5, 5.41) is 6.58. The second-order valence-electron chi connectivity index (χ2n) is 5.72. The zero-order valence-electron chi connectivity index (χ0n) is 14.4. The predicted octanol–water partition coefficient (Wildman–Crippen LogP) is 5.77. The van der Waals surface area contributed by atoms with E-state index in [4.69, 9.17) is 23.2 Å². The van der Waals surface area contributed by atoms with Crippen LogP contribution in [0.3, 0.4) is 0 Å². The van der Waals surface area contributed by atoms with E-state index in [0.29, 0.717) is 33.4 Å². The number of nitrogens with one attached hydrogen (secondary N) is 2. The summed E-state index contributed by atoms with van der Waals surface area (Å²) >= 11 is 11.9. The molecule has 2 N–H and O–H groups in total. The van der Waals surface area contributed by atoms with E-state index >= 15 is 0 Å². The minimum atomic E-state index is -0.300. The largest absolute Gasteiger partial charge is 0.326 e. The van der Waals surface area contributed by atoms with Gasteiger partial charge in [-0.3, -0.25) is 9.59 Å². The van der Waals surface area contributed by atoms with Gasteiger partial charge in [0.1, 0.15) is 0 Å². The molecule has 0 aliphatic heterocycles. The Morgan fingerprint density at radius 3 is 2.46 bits per heavy atom. The molecular weight excluding hydrogens is 371 g/mol. The summed E-state index contributed by atoms with van der Waals surface area (Å²) in [7, 11) is 0. The Hall–Kier alpha value is -2.30. The smallest absolute Gasteiger partial charge is 0.248 e. The number of carbonyl (C=O) groups excluding carboxylic acids is 2. The number of carbonyl (C=O) groups is 2. The third kappa shape index (κ3) is 6.54. The first kappa shape index (κ1) is 20.0. The third-order valence-corrected chi connectivity index (χ3v) is 4.11. The topological polar surface area (TPSA) is 58.2 Å². The molecular formula is C20H20Cl2N2O2. The number of halogens is 2. The summed E-state index contributed by atoms with van der Waals surface area (Å²) in [5.41, 5.74) is 1.94. The lowest BCUT2D eigenvalue weighted by molar-refractivity contribution is -0.116. The molecule has 2 amide bonds. The van der Waals surface area contributed by atoms with Crippen LogP contribution in [0.25, 0.3) is 6.08 Å². The number of benzene rings is 2. The second-order valence-corrected chi connectivity index (χ2v) is 6.56. The summed E-state index contributed by atoms with van der Waals surface area (Å²) in [6.45, 7) is 2.04. The van der Waals surface area contributed by atoms with Crippen molar-refractivity contribution in [2.75, 3.05) is 10.6 Å². The fourth-order valence-corrected chi connectivity index (χ4v) is 2.69. The Kier molecular flexibility index (Phi) is 7.70. The normalized spacial score (nSPS) is 10.7. The van der Waals surface area contributed by atoms with Gasteiger partial charge in [0.05, 0.1) is 0 Å². The van der Waals surface area contributed by atoms with Gasteiger partial charge in [-0.05, 0) is 48.4 Å². The Bertz CT molecular complexity index is 819. The van der Waals surface area contributed by atoms with Crippen molar-refractivity contribution in [2.24, 2.45) is 0 Å². The van der Waals surface area contributed by atoms with Crippen molar-refractivity contribution in [3.63, 3.8) is 0 Å². The predicted molar refractivity (Wildman–Crippen MR) is 109 cm³/mol. The average Bonchev–Trinajstić information content (AvgIpc) is 2.59. The van der Waals surface area contributed by atoms with Crippen molar-refractivity contribution < 1.29 is 9.59 Å². The van der Waals surface area contributed by atoms with Crippen LogP contribution in [-0.4, -0.2) is 11.8 Å². The number of hydrogen-bond donors (Lipinski definition) is 2. The van der Waals surface area contributed by atoms with Crippen LogP contribution in [0.4, 0.5) is 11.4 Å². The van der Waals surface area contributed by atoms with E-state index in [0.717, 1.165) is 12.8 Å². The maximum atomic E-state index is 12.1. The molecule has 0 spiro atoms. The maximum Gasteiger partial charge on any atom is 0.248 e. The fraction of sp³-hybridized carbons (Fsp3) is 0.200. The molecule has 0 aliphatic carbocycles. The summed E-state index contributed by atoms with van der Waals surface area (Å²) in [6.07, 6.45) is 5.30. The van der Waals surface area contributed by atoms with Crippen LogP contribution in [0.15, 0.2) is 48.5 Å². The number of hydrogen-bond acceptors (Lipinski definition) is 2. The molecule has 0 bridgehead atoms. The molecule has 2 rings (SSSR count). The van der Waals surface area contributed by atoms with Crippen molar-refractivity contribution in [1.29, 1.82) is 0 Å². The Morgan fingerprint density at radius 1 is 1.04 bits per heavy atom. The molecule has 2 aromatic rings. The van der Waals surface area contributed by atoms with Gasteiger partial charge in [0.2, 0.25) is 11.8 Å². The third-order valence-electron chi connectivity index (χ3n) is 3.55. The molecule has 0 fully saturated rings. The Morgan fingerprint density at radius 2 is 1.77 bits per heavy atom. The van der Waals surface area contributed by atoms with Crippen LogP contribution < -0.4 is 10.6 Å². The van der Waals surface area contributed by atoms with Gasteiger partial charge in [-0.15, -0.1) is 0 Å². The number of amides is 2. The van der Waals surface area contributed by atoms with E-state index in [1.165, 1.54) is 6.08 Å². The average molecular weight is 391 g/mol. The van der Waals surface area contributed by atoms with Crippen LogP contribution >= 0.6 is 23.2 Å². The Labute approximate surface area is 163 Å². The van der Waals surface area contributed by atoms with Gasteiger partial charge in [-0.1, -0.05) is 48.7 Å². The molecule has 0 aromatic heterocycles. The SMILES string of the molecule is CCCCC(=O)Nc1cccc(NC(=O)/C=C/c2ccc(Cl)cc2Cl)c1. The molecule has 136 valence electrons. The van der Waals surface area contributed by atoms with Crippen LogP contribution in [0.1, 0.15) is 31.7 Å². The van der Waals surface area contributed by atoms with Crippen molar-refractivity contribution >= 4 is 52.5 Å². The minimum Gasteiger partial charge on any atom is -0.326 e. The van der Waals surface area contributed by atoms with Crippen molar-refractivity contribution in [3.8, 4) is 0 Å². The van der Waals surface area contributed by atoms with Gasteiger partial charge in [0, 0.05) is 33.9 Å². The van der Waals surface area contributed by atoms with Crippen molar-refractivity contribution in [3.05, 3.63) is 64.1 Å². The number of unbranched alkanes of at least 4 members (excludes halogenated alkanes) is 1. The van der Waals surface area contributed by atoms with Gasteiger partial charge in [0.25, 0.3) is 0 Å². The van der Waals surface area contributed by atoms with Gasteiger partial charge >= 0.3 is 0 Å². The monoisotopic (exact) mass is 390 g/mol. The zero-order chi connectivity index (χ0) is 18.9. The standard InChI is InChI=1S/C20H20Cl2N2O2/c1-2-3-7-19(25)23-16-5-4-6-17(13-16)24-20(26)11-9-14-8-10-15(21)12-18(14)22/h4-6,8-13H,2-3,7H2,1H3,(H,23,25)(H,24,26)/b11-9+. The quantitative estimate of drug-likeness (QED) is 0.589. The molecule has 0 heterocycles. The van der Waals surface area contributed by atoms with Gasteiger partial charge in [0.15, 0.2) is 0 Å². The summed E-state index contributed by atoms with van der Waals surface area (Å²) in [4.78, 5) is 23.9. The molecule has 0 atom stereocenters. The van der Waals surface area contributed by atoms with Crippen molar-refractivity contribution in [2.45, 2.75) is 26.2 Å². The first-order valence-electron chi connectivity index (χ1n) is 8.32. The van der Waals surface area contributed by atoms with Gasteiger partial charge in [-0.25, -0.2) is 0 Å². The molecule has 0 unspecified atom stereocenters. The summed E-state index contributed by atoms with van der Waals surface area (Å²) < 4.78 is 0. The lowest BCUT2D eigenvalue weighted by Crippen LogP contribution is -2.12. The Balaban J connectivity index is 1.97. The van der Waals surface area contributed by atoms with Crippen LogP contribution in [0, 0.1) is 0 Å². The van der Waals surface area contributed by atoms with Crippen LogP contribution in [-0.2, 0) is 9.59 Å². The number of rotatable bonds is 7.